The number of rotatable bonds is 5. The lowest BCUT2D eigenvalue weighted by atomic mass is 10.2. The highest BCUT2D eigenvalue weighted by atomic mass is 35.5. The molecule has 0 saturated heterocycles. The summed E-state index contributed by atoms with van der Waals surface area (Å²) in [7, 11) is 1.28. The van der Waals surface area contributed by atoms with Gasteiger partial charge in [-0.05, 0) is 42.5 Å². The third-order valence-electron chi connectivity index (χ3n) is 3.78. The normalized spacial score (nSPS) is 11.6. The van der Waals surface area contributed by atoms with E-state index in [-0.39, 0.29) is 22.1 Å². The first kappa shape index (κ1) is 21.1. The van der Waals surface area contributed by atoms with Gasteiger partial charge in [-0.2, -0.15) is 18.3 Å². The number of benzene rings is 2. The van der Waals surface area contributed by atoms with Crippen LogP contribution in [0.1, 0.15) is 5.69 Å². The summed E-state index contributed by atoms with van der Waals surface area (Å²) in [5.41, 5.74) is -2.04. The molecule has 0 radical (unpaired) electrons. The second kappa shape index (κ2) is 8.03. The van der Waals surface area contributed by atoms with Gasteiger partial charge in [0.1, 0.15) is 22.3 Å². The zero-order valence-corrected chi connectivity index (χ0v) is 16.1. The van der Waals surface area contributed by atoms with Gasteiger partial charge in [0.25, 0.3) is 0 Å². The molecule has 29 heavy (non-hydrogen) atoms. The Bertz CT molecular complexity index is 1050. The number of hydrogen-bond acceptors (Lipinski definition) is 3. The van der Waals surface area contributed by atoms with Crippen LogP contribution in [0.15, 0.2) is 52.4 Å². The lowest BCUT2D eigenvalue weighted by molar-refractivity contribution is -0.140. The van der Waals surface area contributed by atoms with Gasteiger partial charge in [-0.25, -0.2) is 8.78 Å². The van der Waals surface area contributed by atoms with E-state index in [9.17, 15) is 26.7 Å². The average molecular weight is 448 g/mol. The Kier molecular flexibility index (Phi) is 5.85. The molecule has 4 nitrogen and oxygen atoms in total. The molecule has 11 heteroatoms. The first-order valence-corrected chi connectivity index (χ1v) is 9.08. The summed E-state index contributed by atoms with van der Waals surface area (Å²) in [4.78, 5) is 12.9. The van der Waals surface area contributed by atoms with Crippen LogP contribution in [-0.2, 0) is 18.0 Å². The molecule has 0 saturated carbocycles. The molecule has 0 N–H and O–H groups in total. The predicted molar refractivity (Wildman–Crippen MR) is 98.3 cm³/mol. The van der Waals surface area contributed by atoms with E-state index in [0.717, 1.165) is 46.8 Å². The van der Waals surface area contributed by atoms with Crippen LogP contribution in [0, 0.1) is 11.6 Å². The SMILES string of the molecule is Cn1nc(C(F)(F)F)c(N(C=O)c2ccc(F)cc2Cl)c1Sc1ccc(F)cc1. The van der Waals surface area contributed by atoms with Crippen LogP contribution in [0.3, 0.4) is 0 Å². The zero-order valence-electron chi connectivity index (χ0n) is 14.5. The number of halogens is 6. The van der Waals surface area contributed by atoms with Gasteiger partial charge in [0.15, 0.2) is 5.69 Å². The molecule has 0 unspecified atom stereocenters. The predicted octanol–water partition coefficient (Wildman–Crippen LogP) is 5.82. The molecule has 1 aromatic heterocycles. The molecule has 0 spiro atoms. The van der Waals surface area contributed by atoms with Crippen molar-refractivity contribution in [2.24, 2.45) is 7.05 Å². The number of carbonyl (C=O) groups is 1. The number of hydrogen-bond donors (Lipinski definition) is 0. The van der Waals surface area contributed by atoms with E-state index in [1.54, 1.807) is 0 Å². The van der Waals surface area contributed by atoms with Crippen molar-refractivity contribution in [2.45, 2.75) is 16.1 Å². The van der Waals surface area contributed by atoms with Crippen LogP contribution >= 0.6 is 23.4 Å². The fourth-order valence-electron chi connectivity index (χ4n) is 2.54. The third kappa shape index (κ3) is 4.38. The molecule has 1 heterocycles. The van der Waals surface area contributed by atoms with Gasteiger partial charge in [-0.1, -0.05) is 23.4 Å². The molecule has 0 fully saturated rings. The number of amides is 1. The summed E-state index contributed by atoms with van der Waals surface area (Å²) in [6.07, 6.45) is -4.75. The van der Waals surface area contributed by atoms with Gasteiger partial charge >= 0.3 is 6.18 Å². The summed E-state index contributed by atoms with van der Waals surface area (Å²) >= 11 is 6.81. The van der Waals surface area contributed by atoms with Crippen molar-refractivity contribution in [2.75, 3.05) is 4.90 Å². The molecule has 2 aromatic carbocycles. The standard InChI is InChI=1S/C18H11ClF5N3OS/c1-26-17(29-12-5-2-10(20)3-6-12)15(16(25-26)18(22,23)24)27(9-28)14-7-4-11(21)8-13(14)19/h2-9H,1H3. The van der Waals surface area contributed by atoms with Gasteiger partial charge in [0.2, 0.25) is 6.41 Å². The van der Waals surface area contributed by atoms with Crippen molar-refractivity contribution in [3.63, 3.8) is 0 Å². The van der Waals surface area contributed by atoms with Gasteiger partial charge < -0.3 is 0 Å². The Hall–Kier alpha value is -2.59. The smallest absolute Gasteiger partial charge is 0.278 e. The van der Waals surface area contributed by atoms with E-state index in [1.165, 1.54) is 19.2 Å². The highest BCUT2D eigenvalue weighted by Crippen LogP contribution is 2.46. The number of anilines is 2. The lowest BCUT2D eigenvalue weighted by Gasteiger charge is -2.21. The fourth-order valence-corrected chi connectivity index (χ4v) is 3.76. The van der Waals surface area contributed by atoms with E-state index >= 15 is 0 Å². The van der Waals surface area contributed by atoms with Crippen molar-refractivity contribution in [3.8, 4) is 0 Å². The quantitative estimate of drug-likeness (QED) is 0.365. The molecule has 0 atom stereocenters. The van der Waals surface area contributed by atoms with E-state index in [4.69, 9.17) is 11.6 Å². The lowest BCUT2D eigenvalue weighted by Crippen LogP contribution is -2.19. The largest absolute Gasteiger partial charge is 0.437 e. The van der Waals surface area contributed by atoms with Gasteiger partial charge in [-0.3, -0.25) is 14.4 Å². The minimum absolute atomic E-state index is 0.0450. The minimum Gasteiger partial charge on any atom is -0.278 e. The van der Waals surface area contributed by atoms with Crippen LogP contribution in [0.25, 0.3) is 0 Å². The number of nitrogens with zero attached hydrogens (tertiary/aromatic N) is 3. The molecular weight excluding hydrogens is 437 g/mol. The summed E-state index contributed by atoms with van der Waals surface area (Å²) in [5, 5.41) is 3.21. The molecule has 0 aliphatic heterocycles. The molecule has 152 valence electrons. The molecule has 3 rings (SSSR count). The van der Waals surface area contributed by atoms with Gasteiger partial charge in [0.05, 0.1) is 10.7 Å². The van der Waals surface area contributed by atoms with E-state index in [0.29, 0.717) is 9.80 Å². The van der Waals surface area contributed by atoms with Crippen LogP contribution < -0.4 is 4.90 Å². The van der Waals surface area contributed by atoms with Crippen molar-refractivity contribution in [1.82, 2.24) is 9.78 Å². The van der Waals surface area contributed by atoms with Crippen molar-refractivity contribution in [3.05, 3.63) is 64.8 Å². The Balaban J connectivity index is 2.20. The maximum Gasteiger partial charge on any atom is 0.437 e. The van der Waals surface area contributed by atoms with Gasteiger partial charge in [-0.15, -0.1) is 0 Å². The Morgan fingerprint density at radius 1 is 1.10 bits per heavy atom. The molecular formula is C18H11ClF5N3OS. The summed E-state index contributed by atoms with van der Waals surface area (Å²) in [6, 6.07) is 7.98. The van der Waals surface area contributed by atoms with Gasteiger partial charge in [0, 0.05) is 11.9 Å². The highest BCUT2D eigenvalue weighted by molar-refractivity contribution is 7.99. The third-order valence-corrected chi connectivity index (χ3v) is 5.24. The van der Waals surface area contributed by atoms with Crippen LogP contribution in [0.4, 0.5) is 33.3 Å². The monoisotopic (exact) mass is 447 g/mol. The first-order valence-electron chi connectivity index (χ1n) is 7.89. The second-order valence-corrected chi connectivity index (χ2v) is 7.22. The first-order chi connectivity index (χ1) is 13.6. The minimum atomic E-state index is -4.89. The Morgan fingerprint density at radius 3 is 2.28 bits per heavy atom. The summed E-state index contributed by atoms with van der Waals surface area (Å²) in [6.45, 7) is 0. The highest BCUT2D eigenvalue weighted by Gasteiger charge is 2.41. The Morgan fingerprint density at radius 2 is 1.72 bits per heavy atom. The number of aryl methyl sites for hydroxylation is 1. The summed E-state index contributed by atoms with van der Waals surface area (Å²) in [5.74, 6) is -1.23. The molecule has 0 aliphatic carbocycles. The fraction of sp³-hybridized carbons (Fsp3) is 0.111. The number of alkyl halides is 3. The molecule has 1 amide bonds. The van der Waals surface area contributed by atoms with E-state index in [2.05, 4.69) is 5.10 Å². The van der Waals surface area contributed by atoms with E-state index in [1.807, 2.05) is 0 Å². The number of carbonyl (C=O) groups excluding carboxylic acids is 1. The van der Waals surface area contributed by atoms with Crippen molar-refractivity contribution in [1.29, 1.82) is 0 Å². The summed E-state index contributed by atoms with van der Waals surface area (Å²) < 4.78 is 68.4. The second-order valence-electron chi connectivity index (χ2n) is 5.75. The Labute approximate surface area is 170 Å². The average Bonchev–Trinajstić information content (AvgIpc) is 2.96. The molecule has 0 bridgehead atoms. The van der Waals surface area contributed by atoms with Crippen LogP contribution in [-0.4, -0.2) is 16.2 Å². The van der Waals surface area contributed by atoms with Crippen LogP contribution in [0.5, 0.6) is 0 Å². The van der Waals surface area contributed by atoms with Crippen LogP contribution in [0.2, 0.25) is 5.02 Å². The topological polar surface area (TPSA) is 38.1 Å². The zero-order chi connectivity index (χ0) is 21.3. The van der Waals surface area contributed by atoms with Crippen molar-refractivity contribution >= 4 is 41.1 Å². The number of aromatic nitrogens is 2. The molecule has 0 aliphatic rings. The van der Waals surface area contributed by atoms with Crippen molar-refractivity contribution < 1.29 is 26.7 Å². The maximum atomic E-state index is 13.6. The van der Waals surface area contributed by atoms with E-state index < -0.39 is 29.2 Å². The molecule has 3 aromatic rings. The maximum absolute atomic E-state index is 13.6.